The van der Waals surface area contributed by atoms with Crippen molar-refractivity contribution in [2.24, 2.45) is 10.9 Å². The second kappa shape index (κ2) is 5.50. The fourth-order valence-corrected chi connectivity index (χ4v) is 2.30. The van der Waals surface area contributed by atoms with E-state index in [0.717, 1.165) is 0 Å². The number of hydrogen-bond acceptors (Lipinski definition) is 4. The number of oxime groups is 1. The Morgan fingerprint density at radius 2 is 2.17 bits per heavy atom. The van der Waals surface area contributed by atoms with Crippen molar-refractivity contribution >= 4 is 17.6 Å². The van der Waals surface area contributed by atoms with Crippen LogP contribution in [0.3, 0.4) is 0 Å². The summed E-state index contributed by atoms with van der Waals surface area (Å²) in [5.41, 5.74) is 6.06. The quantitative estimate of drug-likeness (QED) is 0.386. The first-order valence-corrected chi connectivity index (χ1v) is 5.88. The molecule has 0 spiro atoms. The van der Waals surface area contributed by atoms with E-state index in [1.165, 1.54) is 23.9 Å². The smallest absolute Gasteiger partial charge is 0.172 e. The van der Waals surface area contributed by atoms with Crippen molar-refractivity contribution in [3.63, 3.8) is 0 Å². The topological polar surface area (TPSA) is 71.5 Å². The Bertz CT molecular complexity index is 589. The summed E-state index contributed by atoms with van der Waals surface area (Å²) in [7, 11) is 0. The molecular weight excluding hydrogens is 253 g/mol. The van der Waals surface area contributed by atoms with Gasteiger partial charge in [-0.2, -0.15) is 0 Å². The summed E-state index contributed by atoms with van der Waals surface area (Å²) in [6.07, 6.45) is 1.59. The Balaban J connectivity index is 2.35. The minimum absolute atomic E-state index is 0.0259. The number of aromatic nitrogens is 1. The third-order valence-corrected chi connectivity index (χ3v) is 3.17. The summed E-state index contributed by atoms with van der Waals surface area (Å²) >= 11 is 1.25. The second-order valence-corrected chi connectivity index (χ2v) is 4.46. The molecular formula is C12H10FN3OS. The van der Waals surface area contributed by atoms with Crippen LogP contribution in [-0.4, -0.2) is 16.0 Å². The van der Waals surface area contributed by atoms with E-state index in [1.54, 1.807) is 30.5 Å². The third kappa shape index (κ3) is 2.78. The highest BCUT2D eigenvalue weighted by Crippen LogP contribution is 2.28. The van der Waals surface area contributed by atoms with Gasteiger partial charge in [-0.05, 0) is 30.3 Å². The zero-order chi connectivity index (χ0) is 13.0. The molecule has 92 valence electrons. The monoisotopic (exact) mass is 263 g/mol. The molecule has 1 heterocycles. The van der Waals surface area contributed by atoms with Gasteiger partial charge in [-0.1, -0.05) is 23.0 Å². The van der Waals surface area contributed by atoms with Gasteiger partial charge in [0.1, 0.15) is 10.8 Å². The minimum Gasteiger partial charge on any atom is -0.409 e. The number of pyridine rings is 1. The Morgan fingerprint density at radius 1 is 1.33 bits per heavy atom. The van der Waals surface area contributed by atoms with Gasteiger partial charge in [0.15, 0.2) is 5.84 Å². The Morgan fingerprint density at radius 3 is 2.89 bits per heavy atom. The van der Waals surface area contributed by atoms with Gasteiger partial charge in [0, 0.05) is 11.1 Å². The molecule has 0 aliphatic rings. The van der Waals surface area contributed by atoms with Gasteiger partial charge < -0.3 is 10.9 Å². The van der Waals surface area contributed by atoms with Crippen molar-refractivity contribution in [2.45, 2.75) is 9.92 Å². The normalized spacial score (nSPS) is 11.5. The van der Waals surface area contributed by atoms with E-state index < -0.39 is 0 Å². The molecule has 18 heavy (non-hydrogen) atoms. The van der Waals surface area contributed by atoms with Crippen LogP contribution < -0.4 is 5.73 Å². The van der Waals surface area contributed by atoms with Crippen LogP contribution in [0.4, 0.5) is 4.39 Å². The van der Waals surface area contributed by atoms with Crippen molar-refractivity contribution in [2.75, 3.05) is 0 Å². The Labute approximate surface area is 107 Å². The molecule has 0 bridgehead atoms. The number of nitrogens with zero attached hydrogens (tertiary/aromatic N) is 2. The maximum atomic E-state index is 13.1. The first-order chi connectivity index (χ1) is 8.70. The van der Waals surface area contributed by atoms with Crippen LogP contribution in [0.1, 0.15) is 5.56 Å². The van der Waals surface area contributed by atoms with E-state index in [1.807, 2.05) is 0 Å². The van der Waals surface area contributed by atoms with E-state index in [0.29, 0.717) is 15.5 Å². The van der Waals surface area contributed by atoms with Gasteiger partial charge in [0.2, 0.25) is 0 Å². The SMILES string of the molecule is NC(=NO)c1cccnc1Sc1cccc(F)c1. The predicted molar refractivity (Wildman–Crippen MR) is 67.3 cm³/mol. The molecule has 0 saturated heterocycles. The molecule has 0 amide bonds. The van der Waals surface area contributed by atoms with E-state index in [4.69, 9.17) is 10.9 Å². The van der Waals surface area contributed by atoms with Crippen LogP contribution >= 0.6 is 11.8 Å². The van der Waals surface area contributed by atoms with Crippen molar-refractivity contribution in [3.05, 3.63) is 54.0 Å². The van der Waals surface area contributed by atoms with E-state index in [-0.39, 0.29) is 11.7 Å². The molecule has 0 aliphatic heterocycles. The van der Waals surface area contributed by atoms with Crippen LogP contribution in [0.15, 0.2) is 57.7 Å². The largest absolute Gasteiger partial charge is 0.409 e. The molecule has 3 N–H and O–H groups in total. The number of amidine groups is 1. The van der Waals surface area contributed by atoms with Gasteiger partial charge in [-0.25, -0.2) is 9.37 Å². The average Bonchev–Trinajstić information content (AvgIpc) is 2.38. The molecule has 1 aromatic heterocycles. The van der Waals surface area contributed by atoms with Crippen LogP contribution in [0.25, 0.3) is 0 Å². The fourth-order valence-electron chi connectivity index (χ4n) is 1.36. The number of nitrogens with two attached hydrogens (primary N) is 1. The van der Waals surface area contributed by atoms with Crippen molar-refractivity contribution in [3.8, 4) is 0 Å². The lowest BCUT2D eigenvalue weighted by Crippen LogP contribution is -2.14. The molecule has 0 atom stereocenters. The van der Waals surface area contributed by atoms with Gasteiger partial charge >= 0.3 is 0 Å². The summed E-state index contributed by atoms with van der Waals surface area (Å²) in [4.78, 5) is 4.84. The predicted octanol–water partition coefficient (Wildman–Crippen LogP) is 2.47. The average molecular weight is 263 g/mol. The number of hydrogen-bond donors (Lipinski definition) is 2. The zero-order valence-corrected chi connectivity index (χ0v) is 10.1. The lowest BCUT2D eigenvalue weighted by molar-refractivity contribution is 0.318. The highest BCUT2D eigenvalue weighted by molar-refractivity contribution is 7.99. The first kappa shape index (κ1) is 12.4. The Hall–Kier alpha value is -2.08. The summed E-state index contributed by atoms with van der Waals surface area (Å²) in [6, 6.07) is 9.51. The summed E-state index contributed by atoms with van der Waals surface area (Å²) in [5, 5.41) is 12.2. The lowest BCUT2D eigenvalue weighted by Gasteiger charge is -2.06. The molecule has 0 aliphatic carbocycles. The maximum Gasteiger partial charge on any atom is 0.172 e. The van der Waals surface area contributed by atoms with Gasteiger partial charge in [0.05, 0.1) is 5.56 Å². The molecule has 0 saturated carbocycles. The van der Waals surface area contributed by atoms with Crippen LogP contribution in [0.5, 0.6) is 0 Å². The third-order valence-electron chi connectivity index (χ3n) is 2.17. The molecule has 2 aromatic rings. The van der Waals surface area contributed by atoms with E-state index >= 15 is 0 Å². The van der Waals surface area contributed by atoms with Gasteiger partial charge in [0.25, 0.3) is 0 Å². The summed E-state index contributed by atoms with van der Waals surface area (Å²) < 4.78 is 13.1. The van der Waals surface area contributed by atoms with Gasteiger partial charge in [-0.3, -0.25) is 0 Å². The molecule has 1 aromatic carbocycles. The fraction of sp³-hybridized carbons (Fsp3) is 0. The number of benzene rings is 1. The van der Waals surface area contributed by atoms with Crippen LogP contribution in [0.2, 0.25) is 0 Å². The number of halogens is 1. The summed E-state index contributed by atoms with van der Waals surface area (Å²) in [6.45, 7) is 0. The molecule has 6 heteroatoms. The highest BCUT2D eigenvalue weighted by Gasteiger charge is 2.09. The van der Waals surface area contributed by atoms with Crippen molar-refractivity contribution in [1.29, 1.82) is 0 Å². The standard InChI is InChI=1S/C12H10FN3OS/c13-8-3-1-4-9(7-8)18-12-10(11(14)16-17)5-2-6-15-12/h1-7,17H,(H2,14,16). The van der Waals surface area contributed by atoms with Crippen molar-refractivity contribution in [1.82, 2.24) is 4.98 Å². The van der Waals surface area contributed by atoms with Crippen LogP contribution in [-0.2, 0) is 0 Å². The zero-order valence-electron chi connectivity index (χ0n) is 9.25. The van der Waals surface area contributed by atoms with Gasteiger partial charge in [-0.15, -0.1) is 0 Å². The van der Waals surface area contributed by atoms with Crippen LogP contribution in [0, 0.1) is 5.82 Å². The molecule has 0 radical (unpaired) electrons. The van der Waals surface area contributed by atoms with E-state index in [9.17, 15) is 4.39 Å². The lowest BCUT2D eigenvalue weighted by atomic mass is 10.3. The Kier molecular flexibility index (Phi) is 3.78. The highest BCUT2D eigenvalue weighted by atomic mass is 32.2. The summed E-state index contributed by atoms with van der Waals surface area (Å²) in [5.74, 6) is -0.344. The molecule has 4 nitrogen and oxygen atoms in total. The second-order valence-electron chi connectivity index (χ2n) is 3.40. The van der Waals surface area contributed by atoms with Crippen molar-refractivity contribution < 1.29 is 9.60 Å². The minimum atomic E-state index is -0.318. The number of rotatable bonds is 3. The maximum absolute atomic E-state index is 13.1. The van der Waals surface area contributed by atoms with E-state index in [2.05, 4.69) is 10.1 Å². The molecule has 0 unspecified atom stereocenters. The molecule has 0 fully saturated rings. The first-order valence-electron chi connectivity index (χ1n) is 5.07. The molecule has 2 rings (SSSR count).